The molecular weight excluding hydrogens is 406 g/mol. The highest BCUT2D eigenvalue weighted by atomic mass is 35.5. The van der Waals surface area contributed by atoms with Gasteiger partial charge in [0.15, 0.2) is 0 Å². The molecular formula is C23H26ClNO5. The number of aromatic nitrogens is 1. The SMILES string of the molecule is Cc1ccc(Cn2cc([C@@H]3O[C@H](CO)[C@@H](O)[C@H](O)[C@H]3O)c3cc(C)cc(Cl)c32)cc1. The summed E-state index contributed by atoms with van der Waals surface area (Å²) >= 11 is 6.60. The van der Waals surface area contributed by atoms with Crippen molar-refractivity contribution >= 4 is 22.5 Å². The number of nitrogens with zero attached hydrogens (tertiary/aromatic N) is 1. The molecule has 1 saturated heterocycles. The topological polar surface area (TPSA) is 95.1 Å². The van der Waals surface area contributed by atoms with Gasteiger partial charge in [-0.2, -0.15) is 0 Å². The van der Waals surface area contributed by atoms with Crippen LogP contribution in [0.25, 0.3) is 10.9 Å². The number of benzene rings is 2. The van der Waals surface area contributed by atoms with E-state index in [-0.39, 0.29) is 0 Å². The molecule has 2 aromatic carbocycles. The third kappa shape index (κ3) is 3.75. The smallest absolute Gasteiger partial charge is 0.114 e. The summed E-state index contributed by atoms with van der Waals surface area (Å²) in [6.45, 7) is 4.06. The number of aliphatic hydroxyl groups is 4. The molecule has 1 aliphatic rings. The van der Waals surface area contributed by atoms with Gasteiger partial charge in [0.25, 0.3) is 0 Å². The van der Waals surface area contributed by atoms with Crippen molar-refractivity contribution in [3.05, 3.63) is 69.9 Å². The van der Waals surface area contributed by atoms with Crippen LogP contribution in [-0.4, -0.2) is 56.0 Å². The molecule has 4 N–H and O–H groups in total. The molecule has 7 heteroatoms. The lowest BCUT2D eigenvalue weighted by Crippen LogP contribution is -2.55. The summed E-state index contributed by atoms with van der Waals surface area (Å²) < 4.78 is 7.82. The maximum Gasteiger partial charge on any atom is 0.114 e. The van der Waals surface area contributed by atoms with Gasteiger partial charge in [-0.15, -0.1) is 0 Å². The molecule has 1 fully saturated rings. The van der Waals surface area contributed by atoms with Gasteiger partial charge in [0, 0.05) is 23.7 Å². The van der Waals surface area contributed by atoms with Crippen LogP contribution in [0.4, 0.5) is 0 Å². The molecule has 0 spiro atoms. The zero-order valence-electron chi connectivity index (χ0n) is 16.9. The quantitative estimate of drug-likeness (QED) is 0.509. The Balaban J connectivity index is 1.83. The highest BCUT2D eigenvalue weighted by molar-refractivity contribution is 6.35. The van der Waals surface area contributed by atoms with Gasteiger partial charge in [-0.25, -0.2) is 0 Å². The molecule has 2 heterocycles. The normalized spacial score (nSPS) is 27.0. The highest BCUT2D eigenvalue weighted by Gasteiger charge is 2.44. The maximum absolute atomic E-state index is 10.6. The van der Waals surface area contributed by atoms with Gasteiger partial charge < -0.3 is 29.7 Å². The van der Waals surface area contributed by atoms with Crippen LogP contribution < -0.4 is 0 Å². The number of fused-ring (bicyclic) bond motifs is 1. The molecule has 5 atom stereocenters. The van der Waals surface area contributed by atoms with Crippen molar-refractivity contribution < 1.29 is 25.2 Å². The zero-order chi connectivity index (χ0) is 21.6. The summed E-state index contributed by atoms with van der Waals surface area (Å²) in [6, 6.07) is 12.0. The summed E-state index contributed by atoms with van der Waals surface area (Å²) in [5.74, 6) is 0. The Kier molecular flexibility index (Phi) is 5.90. The van der Waals surface area contributed by atoms with Gasteiger partial charge in [-0.3, -0.25) is 0 Å². The fourth-order valence-corrected chi connectivity index (χ4v) is 4.53. The molecule has 6 nitrogen and oxygen atoms in total. The summed E-state index contributed by atoms with van der Waals surface area (Å²) in [7, 11) is 0. The van der Waals surface area contributed by atoms with Crippen LogP contribution in [0.15, 0.2) is 42.6 Å². The van der Waals surface area contributed by atoms with Crippen molar-refractivity contribution in [2.75, 3.05) is 6.61 Å². The van der Waals surface area contributed by atoms with Crippen LogP contribution in [0.2, 0.25) is 5.02 Å². The number of aryl methyl sites for hydroxylation is 2. The van der Waals surface area contributed by atoms with E-state index >= 15 is 0 Å². The van der Waals surface area contributed by atoms with Crippen LogP contribution in [0.1, 0.15) is 28.4 Å². The first kappa shape index (κ1) is 21.3. The second kappa shape index (κ2) is 8.30. The number of rotatable bonds is 4. The second-order valence-electron chi connectivity index (χ2n) is 8.09. The Hall–Kier alpha value is -1.93. The molecule has 160 valence electrons. The maximum atomic E-state index is 10.6. The minimum absolute atomic E-state index is 0.469. The lowest BCUT2D eigenvalue weighted by atomic mass is 9.91. The standard InChI is InChI=1S/C23H26ClNO5/c1-12-3-5-14(6-4-12)9-25-10-16(15-7-13(2)8-17(24)19(15)25)23-22(29)21(28)20(27)18(11-26)30-23/h3-8,10,18,20-23,26-29H,9,11H2,1-2H3/t18-,20-,21+,22-,23+/m1/s1. The Bertz CT molecular complexity index is 1050. The van der Waals surface area contributed by atoms with Gasteiger partial charge in [-0.05, 0) is 37.1 Å². The minimum Gasteiger partial charge on any atom is -0.394 e. The first-order valence-corrected chi connectivity index (χ1v) is 10.3. The number of halogens is 1. The molecule has 0 radical (unpaired) electrons. The third-order valence-corrected chi connectivity index (χ3v) is 6.06. The van der Waals surface area contributed by atoms with Crippen molar-refractivity contribution in [1.29, 1.82) is 0 Å². The van der Waals surface area contributed by atoms with Gasteiger partial charge in [-0.1, -0.05) is 41.4 Å². The summed E-state index contributed by atoms with van der Waals surface area (Å²) in [6.07, 6.45) is -4.20. The van der Waals surface area contributed by atoms with Crippen LogP contribution in [0, 0.1) is 13.8 Å². The monoisotopic (exact) mass is 431 g/mol. The predicted molar refractivity (Wildman–Crippen MR) is 115 cm³/mol. The number of hydrogen-bond acceptors (Lipinski definition) is 5. The van der Waals surface area contributed by atoms with Crippen LogP contribution in [0.5, 0.6) is 0 Å². The van der Waals surface area contributed by atoms with E-state index in [4.69, 9.17) is 16.3 Å². The first-order valence-electron chi connectivity index (χ1n) is 9.95. The van der Waals surface area contributed by atoms with Gasteiger partial charge >= 0.3 is 0 Å². The minimum atomic E-state index is -1.43. The molecule has 1 aliphatic heterocycles. The summed E-state index contributed by atoms with van der Waals surface area (Å²) in [5, 5.41) is 42.0. The highest BCUT2D eigenvalue weighted by Crippen LogP contribution is 2.39. The van der Waals surface area contributed by atoms with Crippen LogP contribution in [0.3, 0.4) is 0 Å². The van der Waals surface area contributed by atoms with Crippen molar-refractivity contribution in [2.24, 2.45) is 0 Å². The molecule has 0 amide bonds. The van der Waals surface area contributed by atoms with Crippen LogP contribution >= 0.6 is 11.6 Å². The van der Waals surface area contributed by atoms with Crippen molar-refractivity contribution in [3.8, 4) is 0 Å². The number of ether oxygens (including phenoxy) is 1. The van der Waals surface area contributed by atoms with Gasteiger partial charge in [0.1, 0.15) is 30.5 Å². The number of aliphatic hydroxyl groups excluding tert-OH is 4. The summed E-state index contributed by atoms with van der Waals surface area (Å²) in [4.78, 5) is 0. The number of hydrogen-bond donors (Lipinski definition) is 4. The Morgan fingerprint density at radius 3 is 2.33 bits per heavy atom. The molecule has 0 bridgehead atoms. The lowest BCUT2D eigenvalue weighted by molar-refractivity contribution is -0.231. The molecule has 4 rings (SSSR count). The molecule has 30 heavy (non-hydrogen) atoms. The second-order valence-corrected chi connectivity index (χ2v) is 8.50. The van der Waals surface area contributed by atoms with Crippen LogP contribution in [-0.2, 0) is 11.3 Å². The fourth-order valence-electron chi connectivity index (χ4n) is 4.15. The van der Waals surface area contributed by atoms with E-state index in [0.717, 1.165) is 22.0 Å². The fraction of sp³-hybridized carbons (Fsp3) is 0.391. The van der Waals surface area contributed by atoms with E-state index in [2.05, 4.69) is 12.1 Å². The van der Waals surface area contributed by atoms with Gasteiger partial charge in [0.05, 0.1) is 17.1 Å². The Morgan fingerprint density at radius 2 is 1.67 bits per heavy atom. The average molecular weight is 432 g/mol. The van der Waals surface area contributed by atoms with Crippen molar-refractivity contribution in [2.45, 2.75) is 50.9 Å². The molecule has 0 unspecified atom stereocenters. The first-order chi connectivity index (χ1) is 14.3. The van der Waals surface area contributed by atoms with Gasteiger partial charge in [0.2, 0.25) is 0 Å². The Labute approximate surface area is 179 Å². The van der Waals surface area contributed by atoms with E-state index in [1.165, 1.54) is 5.56 Å². The molecule has 0 saturated carbocycles. The average Bonchev–Trinajstić information content (AvgIpc) is 3.06. The summed E-state index contributed by atoms with van der Waals surface area (Å²) in [5.41, 5.74) is 4.67. The predicted octanol–water partition coefficient (Wildman–Crippen LogP) is 2.47. The molecule has 0 aliphatic carbocycles. The Morgan fingerprint density at radius 1 is 0.967 bits per heavy atom. The van der Waals surface area contributed by atoms with E-state index in [0.29, 0.717) is 17.1 Å². The van der Waals surface area contributed by atoms with E-state index < -0.39 is 37.1 Å². The van der Waals surface area contributed by atoms with Crippen molar-refractivity contribution in [1.82, 2.24) is 4.57 Å². The largest absolute Gasteiger partial charge is 0.394 e. The lowest BCUT2D eigenvalue weighted by Gasteiger charge is -2.40. The van der Waals surface area contributed by atoms with E-state index in [1.54, 1.807) is 0 Å². The van der Waals surface area contributed by atoms with Crippen molar-refractivity contribution in [3.63, 3.8) is 0 Å². The molecule has 1 aromatic heterocycles. The molecule has 3 aromatic rings. The van der Waals surface area contributed by atoms with E-state index in [9.17, 15) is 20.4 Å². The zero-order valence-corrected chi connectivity index (χ0v) is 17.6. The van der Waals surface area contributed by atoms with E-state index in [1.807, 2.05) is 48.9 Å². The third-order valence-electron chi connectivity index (χ3n) is 5.77.